The van der Waals surface area contributed by atoms with Gasteiger partial charge in [0.05, 0.1) is 18.3 Å². The van der Waals surface area contributed by atoms with Crippen molar-refractivity contribution in [2.24, 2.45) is 11.8 Å². The van der Waals surface area contributed by atoms with Crippen molar-refractivity contribution in [3.05, 3.63) is 24.3 Å². The van der Waals surface area contributed by atoms with Gasteiger partial charge in [-0.3, -0.25) is 4.79 Å². The van der Waals surface area contributed by atoms with Crippen LogP contribution in [0.15, 0.2) is 24.3 Å². The van der Waals surface area contributed by atoms with Crippen LogP contribution in [0, 0.1) is 11.8 Å². The molecule has 27 heavy (non-hydrogen) atoms. The Bertz CT molecular complexity index is 460. The van der Waals surface area contributed by atoms with Gasteiger partial charge in [0, 0.05) is 18.8 Å². The maximum absolute atomic E-state index is 10.5. The first kappa shape index (κ1) is 23.9. The highest BCUT2D eigenvalue weighted by molar-refractivity contribution is 5.66. The van der Waals surface area contributed by atoms with Crippen LogP contribution in [-0.2, 0) is 4.79 Å². The minimum atomic E-state index is -0.783. The van der Waals surface area contributed by atoms with E-state index in [0.717, 1.165) is 25.7 Å². The first-order chi connectivity index (χ1) is 13.0. The Hall–Kier alpha value is -1.17. The number of unbranched alkanes of at least 4 members (excludes halogenated alkanes) is 5. The normalized spacial score (nSPS) is 27.0. The molecule has 0 saturated heterocycles. The third kappa shape index (κ3) is 10.1. The summed E-state index contributed by atoms with van der Waals surface area (Å²) < 4.78 is 0. The van der Waals surface area contributed by atoms with Crippen molar-refractivity contribution in [3.63, 3.8) is 0 Å². The minimum Gasteiger partial charge on any atom is -0.481 e. The summed E-state index contributed by atoms with van der Waals surface area (Å²) in [5.41, 5.74) is 0. The lowest BCUT2D eigenvalue weighted by Gasteiger charge is -2.19. The molecule has 5 heteroatoms. The molecular formula is C22H38O5. The van der Waals surface area contributed by atoms with Gasteiger partial charge in [0.25, 0.3) is 0 Å². The molecule has 0 bridgehead atoms. The van der Waals surface area contributed by atoms with Gasteiger partial charge in [-0.1, -0.05) is 56.9 Å². The summed E-state index contributed by atoms with van der Waals surface area (Å²) in [7, 11) is 0. The lowest BCUT2D eigenvalue weighted by molar-refractivity contribution is -0.137. The number of rotatable bonds is 14. The van der Waals surface area contributed by atoms with E-state index in [0.29, 0.717) is 19.3 Å². The van der Waals surface area contributed by atoms with Crippen LogP contribution in [0.1, 0.15) is 77.6 Å². The molecule has 5 nitrogen and oxygen atoms in total. The van der Waals surface area contributed by atoms with E-state index in [9.17, 15) is 20.1 Å². The average Bonchev–Trinajstić information content (AvgIpc) is 2.88. The smallest absolute Gasteiger partial charge is 0.303 e. The van der Waals surface area contributed by atoms with Crippen molar-refractivity contribution >= 4 is 5.97 Å². The number of aliphatic hydroxyl groups is 3. The zero-order valence-corrected chi connectivity index (χ0v) is 16.7. The SMILES string of the molecule is CCCCC/C=C\C[C@@H]1[C@H](/C=C/[C@@H](O)CCCCCC(=O)O)[C@@H](O)C[C@H]1O. The molecule has 5 atom stereocenters. The molecule has 0 aromatic carbocycles. The number of hydrogen-bond acceptors (Lipinski definition) is 4. The fourth-order valence-electron chi connectivity index (χ4n) is 3.75. The molecule has 1 aliphatic carbocycles. The second-order valence-corrected chi connectivity index (χ2v) is 7.76. The molecule has 0 spiro atoms. The number of aliphatic hydroxyl groups excluding tert-OH is 3. The standard InChI is InChI=1S/C22H38O5/c1-2-3-4-5-6-9-12-18-19(21(25)16-20(18)24)15-14-17(23)11-8-7-10-13-22(26)27/h6,9,14-15,17-21,23-25H,2-5,7-8,10-13,16H2,1H3,(H,26,27)/b9-6-,15-14+/t17-,18+,19-,20+,21-/m0/s1. The summed E-state index contributed by atoms with van der Waals surface area (Å²) in [5.74, 6) is -0.932. The van der Waals surface area contributed by atoms with E-state index in [4.69, 9.17) is 5.11 Å². The lowest BCUT2D eigenvalue weighted by Crippen LogP contribution is -2.20. The zero-order valence-electron chi connectivity index (χ0n) is 16.7. The van der Waals surface area contributed by atoms with Gasteiger partial charge in [0.2, 0.25) is 0 Å². The number of aliphatic carboxylic acids is 1. The molecule has 1 saturated carbocycles. The molecule has 0 aliphatic heterocycles. The summed E-state index contributed by atoms with van der Waals surface area (Å²) >= 11 is 0. The van der Waals surface area contributed by atoms with Gasteiger partial charge < -0.3 is 20.4 Å². The molecule has 4 N–H and O–H groups in total. The fraction of sp³-hybridized carbons (Fsp3) is 0.773. The molecule has 0 radical (unpaired) electrons. The molecular weight excluding hydrogens is 344 g/mol. The Morgan fingerprint density at radius 3 is 2.56 bits per heavy atom. The third-order valence-electron chi connectivity index (χ3n) is 5.41. The van der Waals surface area contributed by atoms with Crippen LogP contribution >= 0.6 is 0 Å². The number of allylic oxidation sites excluding steroid dienone is 2. The first-order valence-corrected chi connectivity index (χ1v) is 10.5. The van der Waals surface area contributed by atoms with Crippen LogP contribution in [0.2, 0.25) is 0 Å². The van der Waals surface area contributed by atoms with E-state index in [2.05, 4.69) is 19.1 Å². The molecule has 1 fully saturated rings. The van der Waals surface area contributed by atoms with E-state index in [1.54, 1.807) is 6.08 Å². The van der Waals surface area contributed by atoms with Gasteiger partial charge in [0.15, 0.2) is 0 Å². The summed E-state index contributed by atoms with van der Waals surface area (Å²) in [6, 6.07) is 0. The number of carbonyl (C=O) groups is 1. The van der Waals surface area contributed by atoms with E-state index >= 15 is 0 Å². The van der Waals surface area contributed by atoms with Crippen molar-refractivity contribution in [3.8, 4) is 0 Å². The molecule has 0 amide bonds. The Labute approximate surface area is 163 Å². The number of carboxylic acid groups (broad SMARTS) is 1. The van der Waals surface area contributed by atoms with Crippen molar-refractivity contribution in [2.75, 3.05) is 0 Å². The van der Waals surface area contributed by atoms with Crippen LogP contribution in [0.4, 0.5) is 0 Å². The highest BCUT2D eigenvalue weighted by atomic mass is 16.4. The summed E-state index contributed by atoms with van der Waals surface area (Å²) in [6.07, 6.45) is 14.9. The van der Waals surface area contributed by atoms with Crippen molar-refractivity contribution in [2.45, 2.75) is 95.9 Å². The van der Waals surface area contributed by atoms with E-state index < -0.39 is 24.3 Å². The summed E-state index contributed by atoms with van der Waals surface area (Å²) in [6.45, 7) is 2.18. The van der Waals surface area contributed by atoms with E-state index in [1.165, 1.54) is 19.3 Å². The molecule has 156 valence electrons. The van der Waals surface area contributed by atoms with Gasteiger partial charge in [0.1, 0.15) is 0 Å². The number of carboxylic acids is 1. The van der Waals surface area contributed by atoms with Crippen LogP contribution in [0.3, 0.4) is 0 Å². The molecule has 0 aromatic rings. The van der Waals surface area contributed by atoms with Gasteiger partial charge in [-0.2, -0.15) is 0 Å². The molecule has 1 rings (SSSR count). The van der Waals surface area contributed by atoms with Crippen molar-refractivity contribution < 1.29 is 25.2 Å². The third-order valence-corrected chi connectivity index (χ3v) is 5.41. The maximum Gasteiger partial charge on any atom is 0.303 e. The second kappa shape index (κ2) is 13.9. The fourth-order valence-corrected chi connectivity index (χ4v) is 3.75. The van der Waals surface area contributed by atoms with E-state index in [1.807, 2.05) is 6.08 Å². The topological polar surface area (TPSA) is 98.0 Å². The largest absolute Gasteiger partial charge is 0.481 e. The first-order valence-electron chi connectivity index (χ1n) is 10.5. The predicted octanol–water partition coefficient (Wildman–Crippen LogP) is 3.82. The highest BCUT2D eigenvalue weighted by Gasteiger charge is 2.39. The Balaban J connectivity index is 2.39. The predicted molar refractivity (Wildman–Crippen MR) is 107 cm³/mol. The Morgan fingerprint density at radius 1 is 1.07 bits per heavy atom. The number of hydrogen-bond donors (Lipinski definition) is 4. The monoisotopic (exact) mass is 382 g/mol. The van der Waals surface area contributed by atoms with Gasteiger partial charge >= 0.3 is 5.97 Å². The summed E-state index contributed by atoms with van der Waals surface area (Å²) in [4.78, 5) is 10.5. The van der Waals surface area contributed by atoms with Crippen LogP contribution in [-0.4, -0.2) is 44.7 Å². The average molecular weight is 383 g/mol. The molecule has 1 aliphatic rings. The second-order valence-electron chi connectivity index (χ2n) is 7.76. The van der Waals surface area contributed by atoms with Gasteiger partial charge in [-0.05, 0) is 38.0 Å². The van der Waals surface area contributed by atoms with Crippen molar-refractivity contribution in [1.29, 1.82) is 0 Å². The Morgan fingerprint density at radius 2 is 1.85 bits per heavy atom. The quantitative estimate of drug-likeness (QED) is 0.270. The van der Waals surface area contributed by atoms with Gasteiger partial charge in [-0.15, -0.1) is 0 Å². The maximum atomic E-state index is 10.5. The Kier molecular flexibility index (Phi) is 12.3. The van der Waals surface area contributed by atoms with Crippen LogP contribution < -0.4 is 0 Å². The van der Waals surface area contributed by atoms with E-state index in [-0.39, 0.29) is 18.3 Å². The zero-order chi connectivity index (χ0) is 20.1. The lowest BCUT2D eigenvalue weighted by atomic mass is 9.89. The molecule has 0 aromatic heterocycles. The van der Waals surface area contributed by atoms with Crippen LogP contribution in [0.25, 0.3) is 0 Å². The minimum absolute atomic E-state index is 0.0126. The molecule has 0 heterocycles. The molecule has 0 unspecified atom stereocenters. The van der Waals surface area contributed by atoms with Crippen LogP contribution in [0.5, 0.6) is 0 Å². The highest BCUT2D eigenvalue weighted by Crippen LogP contribution is 2.36. The van der Waals surface area contributed by atoms with Gasteiger partial charge in [-0.25, -0.2) is 0 Å². The van der Waals surface area contributed by atoms with Crippen molar-refractivity contribution in [1.82, 2.24) is 0 Å². The summed E-state index contributed by atoms with van der Waals surface area (Å²) in [5, 5.41) is 39.2.